The van der Waals surface area contributed by atoms with Crippen molar-refractivity contribution in [2.45, 2.75) is 57.5 Å². The second-order valence-corrected chi connectivity index (χ2v) is 9.63. The molecule has 10 nitrogen and oxygen atoms in total. The number of aromatic nitrogens is 2. The molecule has 1 fully saturated rings. The average molecular weight is 499 g/mol. The molecule has 0 saturated heterocycles. The summed E-state index contributed by atoms with van der Waals surface area (Å²) in [5, 5.41) is 33.0. The minimum Gasteiger partial charge on any atom is -0.450 e. The molecule has 5 rings (SSSR count). The van der Waals surface area contributed by atoms with Crippen molar-refractivity contribution < 1.29 is 29.2 Å². The molecular formula is C25H27FN4O6. The van der Waals surface area contributed by atoms with Gasteiger partial charge in [-0.3, -0.25) is 4.79 Å². The zero-order valence-corrected chi connectivity index (χ0v) is 19.7. The van der Waals surface area contributed by atoms with Gasteiger partial charge in [0.05, 0.1) is 47.4 Å². The van der Waals surface area contributed by atoms with Gasteiger partial charge >= 0.3 is 6.16 Å². The van der Waals surface area contributed by atoms with Crippen molar-refractivity contribution in [2.24, 2.45) is 0 Å². The molecule has 0 radical (unpaired) electrons. The number of ether oxygens (including phenoxy) is 1. The van der Waals surface area contributed by atoms with E-state index < -0.39 is 23.6 Å². The Labute approximate surface area is 205 Å². The number of nitrogens with two attached hydrogens (primary N) is 1. The number of aryl methyl sites for hydroxylation is 1. The third-order valence-electron chi connectivity index (χ3n) is 7.37. The Morgan fingerprint density at radius 1 is 1.36 bits per heavy atom. The van der Waals surface area contributed by atoms with Gasteiger partial charge < -0.3 is 35.7 Å². The molecule has 190 valence electrons. The van der Waals surface area contributed by atoms with E-state index in [9.17, 15) is 24.2 Å². The number of nitrogens with one attached hydrogen (secondary N) is 1. The maximum Gasteiger partial charge on any atom is 0.506 e. The molecule has 1 saturated carbocycles. The number of anilines is 1. The first-order valence-electron chi connectivity index (χ1n) is 11.7. The number of nitrogen functional groups attached to an aromatic ring is 1. The molecule has 36 heavy (non-hydrogen) atoms. The van der Waals surface area contributed by atoms with Crippen molar-refractivity contribution in [2.75, 3.05) is 12.3 Å². The number of benzene rings is 1. The number of hydrogen-bond donors (Lipinski definition) is 5. The number of rotatable bonds is 6. The van der Waals surface area contributed by atoms with Crippen molar-refractivity contribution in [3.63, 3.8) is 0 Å². The lowest BCUT2D eigenvalue weighted by Gasteiger charge is -2.29. The lowest BCUT2D eigenvalue weighted by atomic mass is 9.95. The molecule has 2 unspecified atom stereocenters. The van der Waals surface area contributed by atoms with Crippen LogP contribution >= 0.6 is 0 Å². The summed E-state index contributed by atoms with van der Waals surface area (Å²) in [5.41, 5.74) is 8.55. The van der Waals surface area contributed by atoms with Crippen LogP contribution in [0.1, 0.15) is 41.5 Å². The molecule has 2 aliphatic rings. The molecule has 0 spiro atoms. The van der Waals surface area contributed by atoms with Crippen molar-refractivity contribution in [3.8, 4) is 11.4 Å². The maximum atomic E-state index is 14.4. The van der Waals surface area contributed by atoms with Gasteiger partial charge in [0.15, 0.2) is 0 Å². The summed E-state index contributed by atoms with van der Waals surface area (Å²) in [7, 11) is 0. The third kappa shape index (κ3) is 3.98. The fourth-order valence-electron chi connectivity index (χ4n) is 5.36. The summed E-state index contributed by atoms with van der Waals surface area (Å²) >= 11 is 0. The van der Waals surface area contributed by atoms with Crippen molar-refractivity contribution in [1.82, 2.24) is 14.9 Å². The smallest absolute Gasteiger partial charge is 0.450 e. The minimum atomic E-state index is -1.47. The summed E-state index contributed by atoms with van der Waals surface area (Å²) < 4.78 is 20.5. The van der Waals surface area contributed by atoms with E-state index in [1.165, 1.54) is 16.7 Å². The number of aliphatic hydroxyl groups excluding tert-OH is 2. The van der Waals surface area contributed by atoms with Gasteiger partial charge in [-0.25, -0.2) is 14.2 Å². The van der Waals surface area contributed by atoms with Gasteiger partial charge in [0.25, 0.3) is 5.56 Å². The molecule has 0 bridgehead atoms. The Morgan fingerprint density at radius 3 is 2.81 bits per heavy atom. The van der Waals surface area contributed by atoms with E-state index in [1.54, 1.807) is 13.0 Å². The van der Waals surface area contributed by atoms with Crippen LogP contribution < -0.4 is 16.6 Å². The summed E-state index contributed by atoms with van der Waals surface area (Å²) in [6.07, 6.45) is -0.414. The van der Waals surface area contributed by atoms with Gasteiger partial charge in [0.1, 0.15) is 12.4 Å². The summed E-state index contributed by atoms with van der Waals surface area (Å²) in [4.78, 5) is 28.8. The van der Waals surface area contributed by atoms with E-state index in [-0.39, 0.29) is 43.1 Å². The molecule has 1 aliphatic heterocycles. The molecule has 11 heteroatoms. The summed E-state index contributed by atoms with van der Waals surface area (Å²) in [5.74, 6) is -0.604. The monoisotopic (exact) mass is 498 g/mol. The van der Waals surface area contributed by atoms with Crippen molar-refractivity contribution in [1.29, 1.82) is 0 Å². The largest absolute Gasteiger partial charge is 0.506 e. The zero-order valence-electron chi connectivity index (χ0n) is 19.7. The zero-order chi connectivity index (χ0) is 25.8. The molecule has 2 aromatic heterocycles. The van der Waals surface area contributed by atoms with Crippen molar-refractivity contribution in [3.05, 3.63) is 56.6 Å². The molecule has 0 amide bonds. The van der Waals surface area contributed by atoms with Gasteiger partial charge in [-0.1, -0.05) is 0 Å². The fourth-order valence-corrected chi connectivity index (χ4v) is 5.36. The number of carbonyl (C=O) groups is 1. The topological polar surface area (TPSA) is 160 Å². The standard InChI is InChI=1S/C25H27FN4O6/c1-12-4-21-22-16(9-30(21)23(33)17(12)10-36-24(34)35)15(8-28-25(11-31)3-2-13(32)7-25)14-5-19(27)18(26)6-20(14)29-22/h4-6,13,28,31-32H,2-3,7-11,27H2,1H3,(H,34,35). The number of pyridine rings is 2. The third-order valence-corrected chi connectivity index (χ3v) is 7.37. The number of aliphatic hydroxyl groups is 2. The van der Waals surface area contributed by atoms with Crippen LogP contribution in [0.5, 0.6) is 0 Å². The normalized spacial score (nSPS) is 20.5. The molecule has 3 heterocycles. The minimum absolute atomic E-state index is 0.0321. The SMILES string of the molecule is Cc1cc2n(c(=O)c1COC(=O)O)Cc1c-2nc2cc(F)c(N)cc2c1CNC1(CO)CCC(O)C1. The first-order valence-corrected chi connectivity index (χ1v) is 11.7. The molecule has 1 aliphatic carbocycles. The van der Waals surface area contributed by atoms with E-state index in [4.69, 9.17) is 10.8 Å². The van der Waals surface area contributed by atoms with Gasteiger partial charge in [-0.2, -0.15) is 0 Å². The number of fused-ring (bicyclic) bond motifs is 4. The number of hydrogen-bond acceptors (Lipinski definition) is 8. The quantitative estimate of drug-likeness (QED) is 0.198. The van der Waals surface area contributed by atoms with Gasteiger partial charge in [0.2, 0.25) is 0 Å². The molecule has 2 atom stereocenters. The van der Waals surface area contributed by atoms with E-state index in [0.29, 0.717) is 47.1 Å². The first-order chi connectivity index (χ1) is 17.1. The van der Waals surface area contributed by atoms with Crippen LogP contribution in [0.4, 0.5) is 14.9 Å². The number of halogens is 1. The Balaban J connectivity index is 1.64. The summed E-state index contributed by atoms with van der Waals surface area (Å²) in [6.45, 7) is 1.62. The number of nitrogens with zero attached hydrogens (tertiary/aromatic N) is 2. The average Bonchev–Trinajstić information content (AvgIpc) is 3.38. The van der Waals surface area contributed by atoms with E-state index in [2.05, 4.69) is 15.0 Å². The highest BCUT2D eigenvalue weighted by Gasteiger charge is 2.38. The van der Waals surface area contributed by atoms with E-state index >= 15 is 0 Å². The van der Waals surface area contributed by atoms with Crippen LogP contribution in [0.15, 0.2) is 23.0 Å². The maximum absolute atomic E-state index is 14.4. The van der Waals surface area contributed by atoms with Crippen molar-refractivity contribution >= 4 is 22.7 Å². The van der Waals surface area contributed by atoms with Crippen LogP contribution in [-0.2, 0) is 24.4 Å². The Kier molecular flexibility index (Phi) is 5.93. The predicted octanol–water partition coefficient (Wildman–Crippen LogP) is 2.02. The second-order valence-electron chi connectivity index (χ2n) is 9.63. The molecule has 3 aromatic rings. The summed E-state index contributed by atoms with van der Waals surface area (Å²) in [6, 6.07) is 4.53. The van der Waals surface area contributed by atoms with Crippen LogP contribution in [0.25, 0.3) is 22.3 Å². The van der Waals surface area contributed by atoms with E-state index in [1.807, 2.05) is 0 Å². The lowest BCUT2D eigenvalue weighted by molar-refractivity contribution is 0.0848. The Bertz CT molecular complexity index is 1460. The van der Waals surface area contributed by atoms with Gasteiger partial charge in [0, 0.05) is 29.1 Å². The van der Waals surface area contributed by atoms with Gasteiger partial charge in [-0.05, 0) is 49.4 Å². The molecule has 1 aromatic carbocycles. The molecule has 6 N–H and O–H groups in total. The van der Waals surface area contributed by atoms with Crippen LogP contribution in [0.2, 0.25) is 0 Å². The lowest BCUT2D eigenvalue weighted by Crippen LogP contribution is -2.46. The second kappa shape index (κ2) is 8.84. The predicted molar refractivity (Wildman–Crippen MR) is 129 cm³/mol. The van der Waals surface area contributed by atoms with E-state index in [0.717, 1.165) is 11.1 Å². The first kappa shape index (κ1) is 24.2. The highest BCUT2D eigenvalue weighted by Crippen LogP contribution is 2.38. The highest BCUT2D eigenvalue weighted by atomic mass is 19.1. The molecular weight excluding hydrogens is 471 g/mol. The van der Waals surface area contributed by atoms with Crippen LogP contribution in [0, 0.1) is 12.7 Å². The van der Waals surface area contributed by atoms with Crippen LogP contribution in [0.3, 0.4) is 0 Å². The van der Waals surface area contributed by atoms with Gasteiger partial charge in [-0.15, -0.1) is 0 Å². The number of carboxylic acid groups (broad SMARTS) is 1. The highest BCUT2D eigenvalue weighted by molar-refractivity contribution is 5.90. The Morgan fingerprint density at radius 2 is 2.14 bits per heavy atom. The Hall–Kier alpha value is -3.54. The van der Waals surface area contributed by atoms with Crippen LogP contribution in [-0.4, -0.2) is 49.3 Å². The fraction of sp³-hybridized carbons (Fsp3) is 0.400.